The fourth-order valence-electron chi connectivity index (χ4n) is 6.38. The molecule has 0 aliphatic carbocycles. The number of likely N-dealkylation sites (N-methyl/N-ethyl adjacent to an activating group) is 1. The van der Waals surface area contributed by atoms with Crippen LogP contribution in [0.1, 0.15) is 48.0 Å². The summed E-state index contributed by atoms with van der Waals surface area (Å²) in [6.07, 6.45) is -0.547. The summed E-state index contributed by atoms with van der Waals surface area (Å²) in [5.74, 6) is -0.0131. The fourth-order valence-corrected chi connectivity index (χ4v) is 6.38. The van der Waals surface area contributed by atoms with Gasteiger partial charge in [-0.3, -0.25) is 14.4 Å². The van der Waals surface area contributed by atoms with Crippen molar-refractivity contribution >= 4 is 40.6 Å². The van der Waals surface area contributed by atoms with Crippen LogP contribution in [0.3, 0.4) is 0 Å². The largest absolute Gasteiger partial charge is 0.389 e. The van der Waals surface area contributed by atoms with Gasteiger partial charge in [0.05, 0.1) is 6.42 Å². The number of pyridine rings is 1. The zero-order chi connectivity index (χ0) is 33.1. The zero-order valence-corrected chi connectivity index (χ0v) is 26.4. The fraction of sp³-hybridized carbons (Fsp3) is 0.485. The number of fused-ring (bicyclic) bond motifs is 1. The van der Waals surface area contributed by atoms with Gasteiger partial charge in [-0.05, 0) is 68.3 Å². The number of carbonyl (C=O) groups excluding carboxylic acids is 3. The number of hydrogen-bond acceptors (Lipinski definition) is 7. The molecule has 3 amide bonds. The monoisotopic (exact) mass is 652 g/mol. The molecule has 0 radical (unpaired) electrons. The van der Waals surface area contributed by atoms with E-state index in [4.69, 9.17) is 0 Å². The minimum Gasteiger partial charge on any atom is -0.340 e. The first-order valence-corrected chi connectivity index (χ1v) is 16.1. The third-order valence-corrected chi connectivity index (χ3v) is 9.23. The molecule has 2 fully saturated rings. The van der Waals surface area contributed by atoms with Gasteiger partial charge in [0.25, 0.3) is 5.91 Å². The average Bonchev–Trinajstić information content (AvgIpc) is 3.50. The number of carbonyl (C=O) groups is 3. The highest BCUT2D eigenvalue weighted by Crippen LogP contribution is 2.28. The number of benzene rings is 1. The maximum absolute atomic E-state index is 13.2. The molecule has 5 heterocycles. The van der Waals surface area contributed by atoms with E-state index in [9.17, 15) is 27.6 Å². The molecule has 250 valence electrons. The topological polar surface area (TPSA) is 106 Å². The standard InChI is InChI=1S/C33H39F3N8O3/c1-40-19-21-43(22-20-40)31(47)25-11-17-42(18-12-25)30(46)24-4-6-26(7-5-24)37-32-38-29-27(3-2-14-44(29)39-32)23-9-15-41(16-10-23)28(45)8-13-33(34,35)36/h2-7,9,14,25H,8,10-13,15-22H2,1H3,(H,37,39). The predicted molar refractivity (Wildman–Crippen MR) is 170 cm³/mol. The summed E-state index contributed by atoms with van der Waals surface area (Å²) in [5.41, 5.74) is 3.68. The van der Waals surface area contributed by atoms with Gasteiger partial charge in [0.2, 0.25) is 17.8 Å². The molecule has 0 atom stereocenters. The van der Waals surface area contributed by atoms with Crippen LogP contribution in [0.2, 0.25) is 0 Å². The van der Waals surface area contributed by atoms with Crippen LogP contribution >= 0.6 is 0 Å². The smallest absolute Gasteiger partial charge is 0.340 e. The lowest BCUT2D eigenvalue weighted by Gasteiger charge is -2.37. The Balaban J connectivity index is 1.04. The van der Waals surface area contributed by atoms with Crippen molar-refractivity contribution in [1.82, 2.24) is 34.2 Å². The highest BCUT2D eigenvalue weighted by Gasteiger charge is 2.32. The first kappa shape index (κ1) is 32.5. The van der Waals surface area contributed by atoms with E-state index in [1.807, 2.05) is 28.0 Å². The summed E-state index contributed by atoms with van der Waals surface area (Å²) in [4.78, 5) is 50.6. The molecule has 11 nitrogen and oxygen atoms in total. The summed E-state index contributed by atoms with van der Waals surface area (Å²) in [6.45, 7) is 5.00. The number of nitrogens with zero attached hydrogens (tertiary/aromatic N) is 7. The van der Waals surface area contributed by atoms with Gasteiger partial charge in [-0.2, -0.15) is 18.2 Å². The van der Waals surface area contributed by atoms with Crippen LogP contribution < -0.4 is 5.32 Å². The maximum atomic E-state index is 13.2. The summed E-state index contributed by atoms with van der Waals surface area (Å²) in [6, 6.07) is 10.9. The Morgan fingerprint density at radius 2 is 1.64 bits per heavy atom. The molecule has 3 aromatic rings. The Bertz CT molecular complexity index is 1640. The molecule has 3 aliphatic rings. The molecule has 14 heteroatoms. The second-order valence-corrected chi connectivity index (χ2v) is 12.5. The molecule has 0 spiro atoms. The third kappa shape index (κ3) is 7.75. The first-order chi connectivity index (χ1) is 22.5. The summed E-state index contributed by atoms with van der Waals surface area (Å²) >= 11 is 0. The number of halogens is 3. The lowest BCUT2D eigenvalue weighted by Crippen LogP contribution is -2.51. The van der Waals surface area contributed by atoms with Crippen molar-refractivity contribution in [2.75, 3.05) is 64.7 Å². The highest BCUT2D eigenvalue weighted by atomic mass is 19.4. The van der Waals surface area contributed by atoms with E-state index in [2.05, 4.69) is 27.3 Å². The van der Waals surface area contributed by atoms with Gasteiger partial charge in [-0.15, -0.1) is 5.10 Å². The van der Waals surface area contributed by atoms with E-state index in [1.165, 1.54) is 4.90 Å². The second kappa shape index (κ2) is 13.7. The van der Waals surface area contributed by atoms with Crippen molar-refractivity contribution < 1.29 is 27.6 Å². The van der Waals surface area contributed by atoms with Gasteiger partial charge in [0.1, 0.15) is 0 Å². The second-order valence-electron chi connectivity index (χ2n) is 12.5. The van der Waals surface area contributed by atoms with Crippen LogP contribution in [0, 0.1) is 5.92 Å². The molecular formula is C33H39F3N8O3. The van der Waals surface area contributed by atoms with Crippen molar-refractivity contribution in [1.29, 1.82) is 0 Å². The molecule has 2 aromatic heterocycles. The van der Waals surface area contributed by atoms with E-state index >= 15 is 0 Å². The number of alkyl halides is 3. The van der Waals surface area contributed by atoms with Crippen molar-refractivity contribution in [3.05, 3.63) is 59.8 Å². The van der Waals surface area contributed by atoms with E-state index in [0.717, 1.165) is 37.3 Å². The Morgan fingerprint density at radius 1 is 0.915 bits per heavy atom. The number of piperidine rings is 1. The maximum Gasteiger partial charge on any atom is 0.389 e. The molecular weight excluding hydrogens is 613 g/mol. The van der Waals surface area contributed by atoms with Crippen LogP contribution in [0.15, 0.2) is 48.7 Å². The van der Waals surface area contributed by atoms with E-state index in [1.54, 1.807) is 35.0 Å². The molecule has 3 aliphatic heterocycles. The molecule has 0 bridgehead atoms. The number of nitrogens with one attached hydrogen (secondary N) is 1. The van der Waals surface area contributed by atoms with Crippen molar-refractivity contribution in [2.24, 2.45) is 5.92 Å². The van der Waals surface area contributed by atoms with Crippen molar-refractivity contribution in [3.8, 4) is 0 Å². The minimum atomic E-state index is -4.35. The van der Waals surface area contributed by atoms with Gasteiger partial charge < -0.3 is 24.9 Å². The zero-order valence-electron chi connectivity index (χ0n) is 26.4. The van der Waals surface area contributed by atoms with Gasteiger partial charge in [0.15, 0.2) is 5.65 Å². The lowest BCUT2D eigenvalue weighted by molar-refractivity contribution is -0.148. The first-order valence-electron chi connectivity index (χ1n) is 16.1. The number of piperazine rings is 1. The van der Waals surface area contributed by atoms with Crippen LogP contribution in [0.25, 0.3) is 11.2 Å². The summed E-state index contributed by atoms with van der Waals surface area (Å²) in [5, 5.41) is 7.72. The molecule has 2 saturated heterocycles. The number of anilines is 2. The van der Waals surface area contributed by atoms with Gasteiger partial charge in [-0.1, -0.05) is 6.08 Å². The Morgan fingerprint density at radius 3 is 2.30 bits per heavy atom. The Labute approximate surface area is 271 Å². The van der Waals surface area contributed by atoms with Crippen LogP contribution in [0.4, 0.5) is 24.8 Å². The van der Waals surface area contributed by atoms with Crippen LogP contribution in [-0.4, -0.2) is 118 Å². The molecule has 6 rings (SSSR count). The predicted octanol–water partition coefficient (Wildman–Crippen LogP) is 4.06. The number of amides is 3. The van der Waals surface area contributed by atoms with Gasteiger partial charge in [-0.25, -0.2) is 4.52 Å². The van der Waals surface area contributed by atoms with E-state index < -0.39 is 24.9 Å². The molecule has 1 N–H and O–H groups in total. The van der Waals surface area contributed by atoms with Crippen molar-refractivity contribution in [3.63, 3.8) is 0 Å². The Hall–Kier alpha value is -4.46. The SMILES string of the molecule is CN1CCN(C(=O)C2CCN(C(=O)c3ccc(Nc4nc5c(C6=CCN(C(=O)CCC(F)(F)F)CC6)cccn5n4)cc3)CC2)CC1. The third-order valence-electron chi connectivity index (χ3n) is 9.23. The molecule has 0 saturated carbocycles. The molecule has 47 heavy (non-hydrogen) atoms. The van der Waals surface area contributed by atoms with Gasteiger partial charge >= 0.3 is 6.18 Å². The number of likely N-dealkylation sites (tertiary alicyclic amines) is 1. The summed E-state index contributed by atoms with van der Waals surface area (Å²) < 4.78 is 39.2. The number of aromatic nitrogens is 3. The average molecular weight is 653 g/mol. The van der Waals surface area contributed by atoms with Crippen LogP contribution in [0.5, 0.6) is 0 Å². The van der Waals surface area contributed by atoms with Crippen molar-refractivity contribution in [2.45, 2.75) is 38.3 Å². The van der Waals surface area contributed by atoms with Crippen LogP contribution in [-0.2, 0) is 9.59 Å². The summed E-state index contributed by atoms with van der Waals surface area (Å²) in [7, 11) is 2.07. The number of hydrogen-bond donors (Lipinski definition) is 1. The highest BCUT2D eigenvalue weighted by molar-refractivity contribution is 5.95. The molecule has 0 unspecified atom stereocenters. The quantitative estimate of drug-likeness (QED) is 0.411. The minimum absolute atomic E-state index is 0.0302. The molecule has 1 aromatic carbocycles. The Kier molecular flexibility index (Phi) is 9.48. The van der Waals surface area contributed by atoms with E-state index in [-0.39, 0.29) is 24.3 Å². The van der Waals surface area contributed by atoms with Gasteiger partial charge in [0, 0.05) is 87.7 Å². The normalized spacial score (nSPS) is 18.4. The lowest BCUT2D eigenvalue weighted by atomic mass is 9.94. The van der Waals surface area contributed by atoms with E-state index in [0.29, 0.717) is 61.7 Å². The number of rotatable bonds is 7.